The molecule has 1 saturated carbocycles. The predicted molar refractivity (Wildman–Crippen MR) is 172 cm³/mol. The molecule has 1 aromatic heterocycles. The predicted octanol–water partition coefficient (Wildman–Crippen LogP) is 9.67. The Balaban J connectivity index is 1.09. The minimum atomic E-state index is 0.0552. The molecule has 2 heteroatoms. The molecule has 40 heavy (non-hydrogen) atoms. The molecule has 0 spiro atoms. The Morgan fingerprint density at radius 1 is 1.02 bits per heavy atom. The summed E-state index contributed by atoms with van der Waals surface area (Å²) in [6.07, 6.45) is 24.8. The molecule has 0 amide bonds. The molecule has 0 bridgehead atoms. The average Bonchev–Trinajstić information content (AvgIpc) is 3.46. The summed E-state index contributed by atoms with van der Waals surface area (Å²) in [6.45, 7) is 10.3. The highest BCUT2D eigenvalue weighted by molar-refractivity contribution is 7.20. The monoisotopic (exact) mass is 539 g/mol. The molecule has 5 aliphatic carbocycles. The van der Waals surface area contributed by atoms with Crippen molar-refractivity contribution < 1.29 is 0 Å². The number of hydrogen-bond acceptors (Lipinski definition) is 2. The van der Waals surface area contributed by atoms with E-state index in [-0.39, 0.29) is 16.2 Å². The first-order valence-electron chi connectivity index (χ1n) is 15.0. The quantitative estimate of drug-likeness (QED) is 0.340. The smallest absolute Gasteiger partial charge is 0.0433 e. The Morgan fingerprint density at radius 2 is 1.85 bits per heavy atom. The number of benzene rings is 2. The van der Waals surface area contributed by atoms with Crippen LogP contribution in [-0.2, 0) is 11.8 Å². The van der Waals surface area contributed by atoms with Gasteiger partial charge in [-0.05, 0) is 71.6 Å². The van der Waals surface area contributed by atoms with Crippen molar-refractivity contribution in [2.24, 2.45) is 16.7 Å². The van der Waals surface area contributed by atoms with Crippen molar-refractivity contribution in [3.05, 3.63) is 123 Å². The third-order valence-corrected chi connectivity index (χ3v) is 11.7. The summed E-state index contributed by atoms with van der Waals surface area (Å²) in [6, 6.07) is 13.8. The van der Waals surface area contributed by atoms with Gasteiger partial charge in [0.25, 0.3) is 0 Å². The molecule has 1 fully saturated rings. The van der Waals surface area contributed by atoms with Crippen LogP contribution in [0.25, 0.3) is 27.3 Å². The van der Waals surface area contributed by atoms with Gasteiger partial charge >= 0.3 is 0 Å². The molecule has 1 heterocycles. The zero-order valence-corrected chi connectivity index (χ0v) is 24.8. The first-order chi connectivity index (χ1) is 19.4. The molecular weight excluding hydrogens is 502 g/mol. The molecule has 0 aliphatic heterocycles. The molecule has 5 aliphatic rings. The lowest BCUT2D eigenvalue weighted by Crippen LogP contribution is -2.32. The maximum absolute atomic E-state index is 3.98. The van der Waals surface area contributed by atoms with E-state index in [1.807, 2.05) is 11.3 Å². The zero-order valence-electron chi connectivity index (χ0n) is 24.0. The van der Waals surface area contributed by atoms with E-state index in [9.17, 15) is 0 Å². The maximum atomic E-state index is 3.98. The third-order valence-electron chi connectivity index (χ3n) is 10.4. The van der Waals surface area contributed by atoms with Crippen LogP contribution in [0.5, 0.6) is 0 Å². The van der Waals surface area contributed by atoms with Crippen molar-refractivity contribution in [1.82, 2.24) is 5.32 Å². The summed E-state index contributed by atoms with van der Waals surface area (Å²) < 4.78 is 1.47. The fourth-order valence-corrected chi connectivity index (χ4v) is 9.71. The lowest BCUT2D eigenvalue weighted by Gasteiger charge is -2.33. The molecule has 3 unspecified atom stereocenters. The summed E-state index contributed by atoms with van der Waals surface area (Å²) in [7, 11) is 0. The Hall–Kier alpha value is -3.36. The highest BCUT2D eigenvalue weighted by atomic mass is 32.1. The van der Waals surface area contributed by atoms with Crippen molar-refractivity contribution in [3.8, 4) is 11.1 Å². The topological polar surface area (TPSA) is 12.0 Å². The van der Waals surface area contributed by atoms with Crippen molar-refractivity contribution in [3.63, 3.8) is 0 Å². The SMILES string of the molecule is CC/C=C\C1=C(C)C=C(NCC2C=Cc3c(sc4c5c(ccc34)C(C)(C)c3ccccc3-5)C2)C23C=CC=CC12C3. The second kappa shape index (κ2) is 8.33. The molecule has 3 atom stereocenters. The van der Waals surface area contributed by atoms with Gasteiger partial charge in [0.15, 0.2) is 0 Å². The third kappa shape index (κ3) is 3.09. The van der Waals surface area contributed by atoms with Crippen LogP contribution in [-0.4, -0.2) is 6.54 Å². The fraction of sp³-hybridized carbons (Fsp3) is 0.316. The summed E-state index contributed by atoms with van der Waals surface area (Å²) in [5.41, 5.74) is 11.9. The number of fused-ring (bicyclic) bond motifs is 7. The van der Waals surface area contributed by atoms with E-state index in [0.29, 0.717) is 5.92 Å². The van der Waals surface area contributed by atoms with E-state index in [1.54, 1.807) is 4.88 Å². The van der Waals surface area contributed by atoms with Crippen LogP contribution in [0.2, 0.25) is 0 Å². The van der Waals surface area contributed by atoms with Gasteiger partial charge in [-0.15, -0.1) is 11.3 Å². The summed E-state index contributed by atoms with van der Waals surface area (Å²) >= 11 is 2.04. The first kappa shape index (κ1) is 24.4. The minimum absolute atomic E-state index is 0.0552. The van der Waals surface area contributed by atoms with Crippen molar-refractivity contribution in [1.29, 1.82) is 0 Å². The van der Waals surface area contributed by atoms with Gasteiger partial charge in [-0.1, -0.05) is 106 Å². The number of allylic oxidation sites excluding steroid dienone is 9. The summed E-state index contributed by atoms with van der Waals surface area (Å²) in [4.78, 5) is 1.54. The normalized spacial score (nSPS) is 28.3. The maximum Gasteiger partial charge on any atom is 0.0433 e. The van der Waals surface area contributed by atoms with Crippen molar-refractivity contribution in [2.45, 2.75) is 52.4 Å². The lowest BCUT2D eigenvalue weighted by molar-refractivity contribution is 0.513. The zero-order chi connectivity index (χ0) is 27.3. The van der Waals surface area contributed by atoms with Gasteiger partial charge in [0.1, 0.15) is 0 Å². The molecule has 3 aromatic rings. The largest absolute Gasteiger partial charge is 0.387 e. The van der Waals surface area contributed by atoms with E-state index in [0.717, 1.165) is 19.4 Å². The van der Waals surface area contributed by atoms with Gasteiger partial charge in [0.2, 0.25) is 0 Å². The average molecular weight is 540 g/mol. The van der Waals surface area contributed by atoms with Gasteiger partial charge < -0.3 is 5.32 Å². The Bertz CT molecular complexity index is 1780. The van der Waals surface area contributed by atoms with Gasteiger partial charge in [0.05, 0.1) is 0 Å². The highest BCUT2D eigenvalue weighted by Gasteiger charge is 2.69. The van der Waals surface area contributed by atoms with E-state index in [2.05, 4.69) is 124 Å². The highest BCUT2D eigenvalue weighted by Crippen LogP contribution is 2.76. The number of thiophene rings is 1. The van der Waals surface area contributed by atoms with Gasteiger partial charge in [-0.2, -0.15) is 0 Å². The number of hydrogen-bond donors (Lipinski definition) is 1. The van der Waals surface area contributed by atoms with Crippen LogP contribution >= 0.6 is 11.3 Å². The molecule has 8 rings (SSSR count). The molecular formula is C38H37NS. The standard InChI is InChI=1S/C38H37NS/c1-5-6-12-29-24(2)20-33(38-19-10-9-18-37(29,38)23-38)39-22-25-14-15-26-27-16-17-31-34(35(27)40-32(26)21-25)28-11-7-8-13-30(28)36(31,3)4/h6-20,25,39H,5,21-23H2,1-4H3/b12-6-. The van der Waals surface area contributed by atoms with E-state index in [1.165, 1.54) is 61.2 Å². The van der Waals surface area contributed by atoms with Crippen LogP contribution in [0.3, 0.4) is 0 Å². The fourth-order valence-electron chi connectivity index (χ4n) is 8.26. The Kier molecular flexibility index (Phi) is 5.09. The molecule has 200 valence electrons. The summed E-state index contributed by atoms with van der Waals surface area (Å²) in [5.74, 6) is 0.497. The summed E-state index contributed by atoms with van der Waals surface area (Å²) in [5, 5.41) is 5.40. The molecule has 1 N–H and O–H groups in total. The number of rotatable bonds is 5. The lowest BCUT2D eigenvalue weighted by atomic mass is 9.75. The minimum Gasteiger partial charge on any atom is -0.387 e. The van der Waals surface area contributed by atoms with Crippen LogP contribution in [0.15, 0.2) is 102 Å². The van der Waals surface area contributed by atoms with Crippen molar-refractivity contribution >= 4 is 27.5 Å². The molecule has 0 saturated heterocycles. The van der Waals surface area contributed by atoms with E-state index < -0.39 is 0 Å². The van der Waals surface area contributed by atoms with Crippen LogP contribution < -0.4 is 5.32 Å². The molecule has 0 radical (unpaired) electrons. The van der Waals surface area contributed by atoms with Crippen LogP contribution in [0.4, 0.5) is 0 Å². The second-order valence-corrected chi connectivity index (χ2v) is 14.1. The Morgan fingerprint density at radius 3 is 2.70 bits per heavy atom. The van der Waals surface area contributed by atoms with Crippen LogP contribution in [0, 0.1) is 16.7 Å². The number of nitrogens with one attached hydrogen (secondary N) is 1. The van der Waals surface area contributed by atoms with Gasteiger partial charge in [0, 0.05) is 49.0 Å². The van der Waals surface area contributed by atoms with Crippen LogP contribution in [0.1, 0.15) is 62.1 Å². The van der Waals surface area contributed by atoms with E-state index in [4.69, 9.17) is 0 Å². The van der Waals surface area contributed by atoms with Crippen molar-refractivity contribution in [2.75, 3.05) is 6.54 Å². The van der Waals surface area contributed by atoms with E-state index >= 15 is 0 Å². The molecule has 1 nitrogen and oxygen atoms in total. The van der Waals surface area contributed by atoms with Gasteiger partial charge in [-0.3, -0.25) is 0 Å². The molecule has 2 aromatic carbocycles. The second-order valence-electron chi connectivity index (χ2n) is 13.0. The van der Waals surface area contributed by atoms with Gasteiger partial charge in [-0.25, -0.2) is 0 Å². The Labute approximate surface area is 242 Å². The first-order valence-corrected chi connectivity index (χ1v) is 15.8.